The maximum atomic E-state index is 12.9. The fourth-order valence-electron chi connectivity index (χ4n) is 3.25. The van der Waals surface area contributed by atoms with E-state index in [9.17, 15) is 18.0 Å². The quantitative estimate of drug-likeness (QED) is 0.777. The summed E-state index contributed by atoms with van der Waals surface area (Å²) < 4.78 is 26.7. The molecular weight excluding hydrogens is 342 g/mol. The van der Waals surface area contributed by atoms with E-state index < -0.39 is 22.0 Å². The largest absolute Gasteiger partial charge is 0.338 e. The molecule has 2 heterocycles. The standard InChI is InChI=1S/C17H23N3O4S/c1-13-3-5-14(6-4-13)25(23,24)20-15(7-8-16(20)21)17(22)19-11-9-18(2)10-12-19/h3-6,15H,7-12H2,1-2H3/t15-/m0/s1. The summed E-state index contributed by atoms with van der Waals surface area (Å²) in [6, 6.07) is 5.40. The van der Waals surface area contributed by atoms with Crippen molar-refractivity contribution in [3.8, 4) is 0 Å². The van der Waals surface area contributed by atoms with Crippen molar-refractivity contribution in [2.45, 2.75) is 30.7 Å². The molecule has 0 spiro atoms. The Hall–Kier alpha value is -1.93. The average molecular weight is 365 g/mol. The first kappa shape index (κ1) is 17.9. The molecule has 2 aliphatic rings. The van der Waals surface area contributed by atoms with Crippen molar-refractivity contribution in [2.75, 3.05) is 33.2 Å². The lowest BCUT2D eigenvalue weighted by Gasteiger charge is -2.35. The van der Waals surface area contributed by atoms with Gasteiger partial charge < -0.3 is 9.80 Å². The van der Waals surface area contributed by atoms with Crippen molar-refractivity contribution in [3.05, 3.63) is 29.8 Å². The van der Waals surface area contributed by atoms with Crippen LogP contribution in [0, 0.1) is 6.92 Å². The highest BCUT2D eigenvalue weighted by molar-refractivity contribution is 7.89. The third kappa shape index (κ3) is 3.41. The van der Waals surface area contributed by atoms with Crippen LogP contribution in [0.25, 0.3) is 0 Å². The molecule has 2 fully saturated rings. The van der Waals surface area contributed by atoms with Crippen LogP contribution in [0.4, 0.5) is 0 Å². The number of nitrogens with zero attached hydrogens (tertiary/aromatic N) is 3. The predicted octanol–water partition coefficient (Wildman–Crippen LogP) is 0.449. The maximum absolute atomic E-state index is 12.9. The van der Waals surface area contributed by atoms with Crippen molar-refractivity contribution in [1.82, 2.24) is 14.1 Å². The molecule has 2 aliphatic heterocycles. The first-order valence-electron chi connectivity index (χ1n) is 8.42. The number of benzene rings is 1. The number of hydrogen-bond donors (Lipinski definition) is 0. The van der Waals surface area contributed by atoms with Crippen molar-refractivity contribution in [3.63, 3.8) is 0 Å². The molecule has 2 saturated heterocycles. The van der Waals surface area contributed by atoms with Gasteiger partial charge in [0, 0.05) is 32.6 Å². The lowest BCUT2D eigenvalue weighted by Crippen LogP contribution is -2.54. The molecule has 2 amide bonds. The van der Waals surface area contributed by atoms with Crippen LogP contribution >= 0.6 is 0 Å². The fourth-order valence-corrected chi connectivity index (χ4v) is 4.85. The van der Waals surface area contributed by atoms with Crippen LogP contribution in [-0.4, -0.2) is 73.6 Å². The van der Waals surface area contributed by atoms with E-state index in [-0.39, 0.29) is 23.6 Å². The first-order chi connectivity index (χ1) is 11.8. The highest BCUT2D eigenvalue weighted by Gasteiger charge is 2.45. The van der Waals surface area contributed by atoms with Gasteiger partial charge in [0.1, 0.15) is 6.04 Å². The van der Waals surface area contributed by atoms with Gasteiger partial charge in [-0.2, -0.15) is 0 Å². The predicted molar refractivity (Wildman–Crippen MR) is 92.3 cm³/mol. The van der Waals surface area contributed by atoms with Crippen LogP contribution in [0.2, 0.25) is 0 Å². The van der Waals surface area contributed by atoms with E-state index in [1.165, 1.54) is 12.1 Å². The number of aryl methyl sites for hydroxylation is 1. The summed E-state index contributed by atoms with van der Waals surface area (Å²) in [4.78, 5) is 29.0. The highest BCUT2D eigenvalue weighted by Crippen LogP contribution is 2.28. The molecule has 136 valence electrons. The Morgan fingerprint density at radius 3 is 2.28 bits per heavy atom. The van der Waals surface area contributed by atoms with Crippen LogP contribution < -0.4 is 0 Å². The topological polar surface area (TPSA) is 78.0 Å². The molecule has 8 heteroatoms. The molecule has 7 nitrogen and oxygen atoms in total. The van der Waals surface area contributed by atoms with Crippen LogP contribution in [0.1, 0.15) is 18.4 Å². The Bertz CT molecular complexity index is 768. The highest BCUT2D eigenvalue weighted by atomic mass is 32.2. The van der Waals surface area contributed by atoms with Crippen molar-refractivity contribution >= 4 is 21.8 Å². The Morgan fingerprint density at radius 2 is 1.68 bits per heavy atom. The molecule has 0 aliphatic carbocycles. The van der Waals surface area contributed by atoms with Gasteiger partial charge in [-0.05, 0) is 32.5 Å². The second-order valence-corrected chi connectivity index (χ2v) is 8.51. The minimum absolute atomic E-state index is 0.0459. The molecule has 0 saturated carbocycles. The molecular formula is C17H23N3O4S. The number of rotatable bonds is 3. The molecule has 0 N–H and O–H groups in total. The zero-order valence-electron chi connectivity index (χ0n) is 14.5. The normalized spacial score (nSPS) is 22.5. The van der Waals surface area contributed by atoms with E-state index in [0.29, 0.717) is 13.1 Å². The summed E-state index contributed by atoms with van der Waals surface area (Å²) in [5, 5.41) is 0. The summed E-state index contributed by atoms with van der Waals surface area (Å²) in [6.07, 6.45) is 0.324. The molecule has 1 aromatic rings. The van der Waals surface area contributed by atoms with E-state index >= 15 is 0 Å². The monoisotopic (exact) mass is 365 g/mol. The Balaban J connectivity index is 1.86. The van der Waals surface area contributed by atoms with Gasteiger partial charge in [-0.15, -0.1) is 0 Å². The first-order valence-corrected chi connectivity index (χ1v) is 9.86. The minimum Gasteiger partial charge on any atom is -0.338 e. The van der Waals surface area contributed by atoms with E-state index in [1.54, 1.807) is 17.0 Å². The number of sulfonamides is 1. The number of carbonyl (C=O) groups is 2. The molecule has 1 aromatic carbocycles. The van der Waals surface area contributed by atoms with Crippen molar-refractivity contribution in [2.24, 2.45) is 0 Å². The minimum atomic E-state index is -4.02. The molecule has 25 heavy (non-hydrogen) atoms. The van der Waals surface area contributed by atoms with Gasteiger partial charge in [0.25, 0.3) is 10.0 Å². The van der Waals surface area contributed by atoms with Crippen LogP contribution in [0.3, 0.4) is 0 Å². The Kier molecular flexibility index (Phi) is 4.83. The van der Waals surface area contributed by atoms with Gasteiger partial charge in [-0.25, -0.2) is 12.7 Å². The average Bonchev–Trinajstić information content (AvgIpc) is 2.98. The fraction of sp³-hybridized carbons (Fsp3) is 0.529. The van der Waals surface area contributed by atoms with E-state index in [1.807, 2.05) is 14.0 Å². The van der Waals surface area contributed by atoms with Crippen LogP contribution in [0.15, 0.2) is 29.2 Å². The van der Waals surface area contributed by atoms with Gasteiger partial charge >= 0.3 is 0 Å². The van der Waals surface area contributed by atoms with Crippen molar-refractivity contribution in [1.29, 1.82) is 0 Å². The molecule has 0 aromatic heterocycles. The second kappa shape index (κ2) is 6.76. The third-order valence-electron chi connectivity index (χ3n) is 4.84. The smallest absolute Gasteiger partial charge is 0.267 e. The SMILES string of the molecule is Cc1ccc(S(=O)(=O)N2C(=O)CC[C@H]2C(=O)N2CCN(C)CC2)cc1. The summed E-state index contributed by atoms with van der Waals surface area (Å²) >= 11 is 0. The van der Waals surface area contributed by atoms with Gasteiger partial charge in [-0.3, -0.25) is 9.59 Å². The second-order valence-electron chi connectivity index (χ2n) is 6.69. The van der Waals surface area contributed by atoms with Gasteiger partial charge in [0.2, 0.25) is 11.8 Å². The summed E-state index contributed by atoms with van der Waals surface area (Å²) in [7, 11) is -2.04. The van der Waals surface area contributed by atoms with Gasteiger partial charge in [0.05, 0.1) is 4.90 Å². The summed E-state index contributed by atoms with van der Waals surface area (Å²) in [6.45, 7) is 4.46. The lowest BCUT2D eigenvalue weighted by molar-refractivity contribution is -0.139. The van der Waals surface area contributed by atoms with Gasteiger partial charge in [-0.1, -0.05) is 17.7 Å². The maximum Gasteiger partial charge on any atom is 0.267 e. The van der Waals surface area contributed by atoms with E-state index in [2.05, 4.69) is 4.90 Å². The van der Waals surface area contributed by atoms with Gasteiger partial charge in [0.15, 0.2) is 0 Å². The summed E-state index contributed by atoms with van der Waals surface area (Å²) in [5.41, 5.74) is 0.928. The molecule has 0 radical (unpaired) electrons. The Morgan fingerprint density at radius 1 is 1.08 bits per heavy atom. The summed E-state index contributed by atoms with van der Waals surface area (Å²) in [5.74, 6) is -0.775. The van der Waals surface area contributed by atoms with E-state index in [4.69, 9.17) is 0 Å². The number of amides is 2. The molecule has 0 unspecified atom stereocenters. The van der Waals surface area contributed by atoms with Crippen LogP contribution in [-0.2, 0) is 19.6 Å². The van der Waals surface area contributed by atoms with Crippen molar-refractivity contribution < 1.29 is 18.0 Å². The molecule has 1 atom stereocenters. The molecule has 3 rings (SSSR count). The number of hydrogen-bond acceptors (Lipinski definition) is 5. The number of likely N-dealkylation sites (N-methyl/N-ethyl adjacent to an activating group) is 1. The third-order valence-corrected chi connectivity index (χ3v) is 6.68. The Labute approximate surface area is 148 Å². The zero-order valence-corrected chi connectivity index (χ0v) is 15.3. The van der Waals surface area contributed by atoms with Crippen LogP contribution in [0.5, 0.6) is 0 Å². The number of piperazine rings is 1. The lowest BCUT2D eigenvalue weighted by atomic mass is 10.2. The number of carbonyl (C=O) groups excluding carboxylic acids is 2. The van der Waals surface area contributed by atoms with E-state index in [0.717, 1.165) is 23.0 Å². The zero-order chi connectivity index (χ0) is 18.2. The molecule has 0 bridgehead atoms.